The number of hydrogen-bond donors (Lipinski definition) is 1. The number of aryl methyl sites for hydroxylation is 1. The Kier molecular flexibility index (Phi) is 4.59. The molecule has 0 radical (unpaired) electrons. The molecule has 0 aliphatic heterocycles. The average Bonchev–Trinajstić information content (AvgIpc) is 2.82. The Morgan fingerprint density at radius 1 is 1.39 bits per heavy atom. The molecular formula is C15H25N3. The van der Waals surface area contributed by atoms with Crippen LogP contribution in [0.2, 0.25) is 0 Å². The first-order valence-electron chi connectivity index (χ1n) is 7.07. The van der Waals surface area contributed by atoms with Crippen LogP contribution < -0.4 is 10.6 Å². The van der Waals surface area contributed by atoms with Gasteiger partial charge in [-0.3, -0.25) is 0 Å². The van der Waals surface area contributed by atoms with Crippen molar-refractivity contribution < 1.29 is 0 Å². The van der Waals surface area contributed by atoms with Gasteiger partial charge in [0.25, 0.3) is 0 Å². The van der Waals surface area contributed by atoms with Gasteiger partial charge in [0.1, 0.15) is 5.82 Å². The molecule has 0 atom stereocenters. The zero-order chi connectivity index (χ0) is 13.0. The van der Waals surface area contributed by atoms with Crippen LogP contribution in [0.4, 0.5) is 5.82 Å². The van der Waals surface area contributed by atoms with Crippen molar-refractivity contribution in [2.24, 2.45) is 11.7 Å². The van der Waals surface area contributed by atoms with E-state index in [1.165, 1.54) is 36.8 Å². The van der Waals surface area contributed by atoms with E-state index in [1.54, 1.807) is 0 Å². The Hall–Kier alpha value is -1.09. The topological polar surface area (TPSA) is 42.1 Å². The molecule has 2 rings (SSSR count). The van der Waals surface area contributed by atoms with Crippen molar-refractivity contribution in [2.75, 3.05) is 25.0 Å². The average molecular weight is 247 g/mol. The minimum atomic E-state index is 0.693. The van der Waals surface area contributed by atoms with Crippen molar-refractivity contribution in [1.29, 1.82) is 0 Å². The fourth-order valence-electron chi connectivity index (χ4n) is 3.00. The van der Waals surface area contributed by atoms with Gasteiger partial charge in [-0.05, 0) is 49.8 Å². The molecule has 0 saturated heterocycles. The molecule has 2 N–H and O–H groups in total. The van der Waals surface area contributed by atoms with Crippen LogP contribution in [-0.2, 0) is 6.42 Å². The van der Waals surface area contributed by atoms with Crippen LogP contribution in [0.15, 0.2) is 12.3 Å². The maximum absolute atomic E-state index is 5.58. The maximum Gasteiger partial charge on any atom is 0.131 e. The summed E-state index contributed by atoms with van der Waals surface area (Å²) in [5.74, 6) is 1.99. The molecule has 0 bridgehead atoms. The first-order chi connectivity index (χ1) is 8.70. The number of hydrogen-bond acceptors (Lipinski definition) is 3. The maximum atomic E-state index is 5.58. The van der Waals surface area contributed by atoms with Gasteiger partial charge in [0.2, 0.25) is 0 Å². The van der Waals surface area contributed by atoms with Gasteiger partial charge in [-0.1, -0.05) is 18.9 Å². The van der Waals surface area contributed by atoms with E-state index in [1.807, 2.05) is 6.20 Å². The highest BCUT2D eigenvalue weighted by Gasteiger charge is 2.18. The van der Waals surface area contributed by atoms with Crippen molar-refractivity contribution in [1.82, 2.24) is 4.98 Å². The number of rotatable bonds is 5. The lowest BCUT2D eigenvalue weighted by atomic mass is 10.1. The Balaban J connectivity index is 2.02. The zero-order valence-corrected chi connectivity index (χ0v) is 11.7. The quantitative estimate of drug-likeness (QED) is 0.869. The lowest BCUT2D eigenvalue weighted by molar-refractivity contribution is 0.544. The van der Waals surface area contributed by atoms with E-state index in [9.17, 15) is 0 Å². The molecule has 1 fully saturated rings. The first-order valence-corrected chi connectivity index (χ1v) is 7.07. The van der Waals surface area contributed by atoms with Gasteiger partial charge in [-0.15, -0.1) is 0 Å². The van der Waals surface area contributed by atoms with Crippen molar-refractivity contribution >= 4 is 5.82 Å². The van der Waals surface area contributed by atoms with Crippen molar-refractivity contribution in [2.45, 2.75) is 39.0 Å². The third-order valence-electron chi connectivity index (χ3n) is 3.91. The summed E-state index contributed by atoms with van der Waals surface area (Å²) in [5, 5.41) is 0. The highest BCUT2D eigenvalue weighted by Crippen LogP contribution is 2.27. The molecule has 18 heavy (non-hydrogen) atoms. The minimum absolute atomic E-state index is 0.693. The molecule has 0 amide bonds. The largest absolute Gasteiger partial charge is 0.359 e. The molecule has 1 aliphatic carbocycles. The predicted octanol–water partition coefficient (Wildman–Crippen LogP) is 2.52. The monoisotopic (exact) mass is 247 g/mol. The molecule has 0 unspecified atom stereocenters. The summed E-state index contributed by atoms with van der Waals surface area (Å²) in [7, 11) is 2.16. The Labute approximate surface area is 110 Å². The summed E-state index contributed by atoms with van der Waals surface area (Å²) in [6.07, 6.45) is 8.46. The van der Waals surface area contributed by atoms with Crippen LogP contribution in [0.1, 0.15) is 36.8 Å². The van der Waals surface area contributed by atoms with E-state index in [0.717, 1.165) is 24.7 Å². The number of nitrogens with two attached hydrogens (primary N) is 1. The summed E-state index contributed by atoms with van der Waals surface area (Å²) in [4.78, 5) is 6.93. The molecule has 1 aliphatic rings. The lowest BCUT2D eigenvalue weighted by Gasteiger charge is -2.23. The molecular weight excluding hydrogens is 222 g/mol. The van der Waals surface area contributed by atoms with E-state index in [2.05, 4.69) is 29.9 Å². The van der Waals surface area contributed by atoms with Gasteiger partial charge in [0.15, 0.2) is 0 Å². The predicted molar refractivity (Wildman–Crippen MR) is 77.0 cm³/mol. The second-order valence-electron chi connectivity index (χ2n) is 5.55. The van der Waals surface area contributed by atoms with E-state index in [-0.39, 0.29) is 0 Å². The van der Waals surface area contributed by atoms with Gasteiger partial charge in [0.05, 0.1) is 0 Å². The second kappa shape index (κ2) is 6.19. The molecule has 3 nitrogen and oxygen atoms in total. The Bertz CT molecular complexity index is 383. The van der Waals surface area contributed by atoms with Gasteiger partial charge in [0, 0.05) is 19.8 Å². The van der Waals surface area contributed by atoms with Crippen LogP contribution in [0, 0.1) is 12.8 Å². The molecule has 0 aromatic carbocycles. The highest BCUT2D eigenvalue weighted by atomic mass is 15.2. The molecule has 3 heteroatoms. The smallest absolute Gasteiger partial charge is 0.131 e. The summed E-state index contributed by atoms with van der Waals surface area (Å²) >= 11 is 0. The summed E-state index contributed by atoms with van der Waals surface area (Å²) in [5.41, 5.74) is 8.09. The van der Waals surface area contributed by atoms with Crippen molar-refractivity contribution in [3.8, 4) is 0 Å². The Morgan fingerprint density at radius 3 is 2.72 bits per heavy atom. The highest BCUT2D eigenvalue weighted by molar-refractivity contribution is 5.46. The normalized spacial score (nSPS) is 16.2. The number of pyridine rings is 1. The van der Waals surface area contributed by atoms with E-state index < -0.39 is 0 Å². The summed E-state index contributed by atoms with van der Waals surface area (Å²) in [6.45, 7) is 3.98. The zero-order valence-electron chi connectivity index (χ0n) is 11.7. The van der Waals surface area contributed by atoms with E-state index in [4.69, 9.17) is 5.73 Å². The van der Waals surface area contributed by atoms with Crippen LogP contribution >= 0.6 is 0 Å². The number of aromatic nitrogens is 1. The van der Waals surface area contributed by atoms with Crippen molar-refractivity contribution in [3.63, 3.8) is 0 Å². The molecule has 100 valence electrons. The number of nitrogens with zero attached hydrogens (tertiary/aromatic N) is 2. The summed E-state index contributed by atoms with van der Waals surface area (Å²) in [6, 6.07) is 2.22. The standard InChI is InChI=1S/C15H25N3/c1-12-9-14(7-8-16)10-17-15(12)18(2)11-13-5-3-4-6-13/h9-10,13H,3-8,11,16H2,1-2H3. The fraction of sp³-hybridized carbons (Fsp3) is 0.667. The summed E-state index contributed by atoms with van der Waals surface area (Å²) < 4.78 is 0. The van der Waals surface area contributed by atoms with Gasteiger partial charge in [-0.2, -0.15) is 0 Å². The SMILES string of the molecule is Cc1cc(CCN)cnc1N(C)CC1CCCC1. The van der Waals surface area contributed by atoms with Crippen LogP contribution in [0.25, 0.3) is 0 Å². The Morgan fingerprint density at radius 2 is 2.11 bits per heavy atom. The fourth-order valence-corrected chi connectivity index (χ4v) is 3.00. The minimum Gasteiger partial charge on any atom is -0.359 e. The second-order valence-corrected chi connectivity index (χ2v) is 5.55. The van der Waals surface area contributed by atoms with Crippen LogP contribution in [0.5, 0.6) is 0 Å². The van der Waals surface area contributed by atoms with Gasteiger partial charge < -0.3 is 10.6 Å². The van der Waals surface area contributed by atoms with Gasteiger partial charge >= 0.3 is 0 Å². The first kappa shape index (κ1) is 13.3. The van der Waals surface area contributed by atoms with Crippen LogP contribution in [-0.4, -0.2) is 25.1 Å². The molecule has 1 aromatic rings. The third kappa shape index (κ3) is 3.22. The molecule has 1 saturated carbocycles. The van der Waals surface area contributed by atoms with Crippen LogP contribution in [0.3, 0.4) is 0 Å². The van der Waals surface area contributed by atoms with Crippen molar-refractivity contribution in [3.05, 3.63) is 23.4 Å². The lowest BCUT2D eigenvalue weighted by Crippen LogP contribution is -2.25. The molecule has 1 aromatic heterocycles. The molecule has 1 heterocycles. The van der Waals surface area contributed by atoms with E-state index >= 15 is 0 Å². The molecule has 0 spiro atoms. The van der Waals surface area contributed by atoms with Gasteiger partial charge in [-0.25, -0.2) is 4.98 Å². The van der Waals surface area contributed by atoms with E-state index in [0.29, 0.717) is 6.54 Å². The third-order valence-corrected chi connectivity index (χ3v) is 3.91. The number of anilines is 1.